The van der Waals surface area contributed by atoms with E-state index >= 15 is 0 Å². The van der Waals surface area contributed by atoms with Crippen LogP contribution in [0.4, 0.5) is 4.39 Å². The Hall–Kier alpha value is -1.58. The summed E-state index contributed by atoms with van der Waals surface area (Å²) in [6.45, 7) is 1.27. The van der Waals surface area contributed by atoms with Crippen LogP contribution >= 0.6 is 23.2 Å². The molecule has 0 aliphatic rings. The summed E-state index contributed by atoms with van der Waals surface area (Å²) in [5.41, 5.74) is -0.112. The molecule has 2 rings (SSSR count). The first-order valence-electron chi connectivity index (χ1n) is 5.42. The largest absolute Gasteiger partial charge is 0.455 e. The smallest absolute Gasteiger partial charge is 0.166 e. The van der Waals surface area contributed by atoms with Gasteiger partial charge in [-0.25, -0.2) is 4.39 Å². The van der Waals surface area contributed by atoms with Gasteiger partial charge in [-0.05, 0) is 31.2 Å². The molecule has 0 fully saturated rings. The Morgan fingerprint density at radius 3 is 2.42 bits per heavy atom. The van der Waals surface area contributed by atoms with Crippen LogP contribution in [0.5, 0.6) is 11.5 Å². The van der Waals surface area contributed by atoms with Gasteiger partial charge in [-0.15, -0.1) is 0 Å². The van der Waals surface area contributed by atoms with Gasteiger partial charge < -0.3 is 4.74 Å². The SMILES string of the molecule is CC(=O)c1c(F)cccc1Oc1cccc(Cl)c1Cl. The minimum absolute atomic E-state index is 0.108. The minimum atomic E-state index is -0.636. The van der Waals surface area contributed by atoms with E-state index in [1.807, 2.05) is 0 Å². The Labute approximate surface area is 119 Å². The fraction of sp³-hybridized carbons (Fsp3) is 0.0714. The zero-order chi connectivity index (χ0) is 14.0. The van der Waals surface area contributed by atoms with E-state index in [4.69, 9.17) is 27.9 Å². The van der Waals surface area contributed by atoms with Crippen LogP contribution in [0.15, 0.2) is 36.4 Å². The number of carbonyl (C=O) groups is 1. The van der Waals surface area contributed by atoms with Crippen molar-refractivity contribution in [1.29, 1.82) is 0 Å². The standard InChI is InChI=1S/C14H9Cl2FO2/c1-8(18)13-10(17)5-3-6-11(13)19-12-7-2-4-9(15)14(12)16/h2-7H,1H3. The molecule has 98 valence electrons. The molecule has 0 spiro atoms. The van der Waals surface area contributed by atoms with Gasteiger partial charge in [0.2, 0.25) is 0 Å². The number of hydrogen-bond donors (Lipinski definition) is 0. The lowest BCUT2D eigenvalue weighted by Crippen LogP contribution is -2.01. The quantitative estimate of drug-likeness (QED) is 0.735. The summed E-state index contributed by atoms with van der Waals surface area (Å²) in [5.74, 6) is -0.687. The van der Waals surface area contributed by atoms with Gasteiger partial charge >= 0.3 is 0 Å². The lowest BCUT2D eigenvalue weighted by atomic mass is 10.1. The summed E-state index contributed by atoms with van der Waals surface area (Å²) >= 11 is 11.8. The predicted octanol–water partition coefficient (Wildman–Crippen LogP) is 5.13. The van der Waals surface area contributed by atoms with Crippen molar-refractivity contribution >= 4 is 29.0 Å². The average Bonchev–Trinajstić information content (AvgIpc) is 2.34. The number of ether oxygens (including phenoxy) is 1. The molecular weight excluding hydrogens is 290 g/mol. The van der Waals surface area contributed by atoms with Crippen molar-refractivity contribution in [3.05, 3.63) is 57.8 Å². The maximum atomic E-state index is 13.6. The van der Waals surface area contributed by atoms with Crippen LogP contribution in [0.3, 0.4) is 0 Å². The Morgan fingerprint density at radius 2 is 1.74 bits per heavy atom. The van der Waals surface area contributed by atoms with E-state index < -0.39 is 11.6 Å². The number of rotatable bonds is 3. The van der Waals surface area contributed by atoms with Gasteiger partial charge in [-0.3, -0.25) is 4.79 Å². The summed E-state index contributed by atoms with van der Waals surface area (Å²) in [6, 6.07) is 8.99. The molecule has 19 heavy (non-hydrogen) atoms. The van der Waals surface area contributed by atoms with Crippen LogP contribution in [0.2, 0.25) is 10.0 Å². The second kappa shape index (κ2) is 5.59. The fourth-order valence-corrected chi connectivity index (χ4v) is 1.94. The Balaban J connectivity index is 2.47. The van der Waals surface area contributed by atoms with Crippen molar-refractivity contribution in [2.45, 2.75) is 6.92 Å². The van der Waals surface area contributed by atoms with E-state index in [0.717, 1.165) is 0 Å². The van der Waals surface area contributed by atoms with Crippen LogP contribution < -0.4 is 4.74 Å². The second-order valence-corrected chi connectivity index (χ2v) is 4.61. The highest BCUT2D eigenvalue weighted by Gasteiger charge is 2.16. The maximum absolute atomic E-state index is 13.6. The highest BCUT2D eigenvalue weighted by molar-refractivity contribution is 6.42. The molecule has 0 unspecified atom stereocenters. The van der Waals surface area contributed by atoms with E-state index in [0.29, 0.717) is 5.02 Å². The molecule has 0 aliphatic carbocycles. The van der Waals surface area contributed by atoms with E-state index in [-0.39, 0.29) is 22.1 Å². The summed E-state index contributed by atoms with van der Waals surface area (Å²) in [4.78, 5) is 11.5. The van der Waals surface area contributed by atoms with Gasteiger partial charge in [0.1, 0.15) is 22.3 Å². The molecule has 5 heteroatoms. The molecule has 0 amide bonds. The molecule has 0 radical (unpaired) electrons. The lowest BCUT2D eigenvalue weighted by molar-refractivity contribution is 0.101. The number of halogens is 3. The van der Waals surface area contributed by atoms with Crippen molar-refractivity contribution in [1.82, 2.24) is 0 Å². The topological polar surface area (TPSA) is 26.3 Å². The highest BCUT2D eigenvalue weighted by Crippen LogP contribution is 2.36. The highest BCUT2D eigenvalue weighted by atomic mass is 35.5. The second-order valence-electron chi connectivity index (χ2n) is 3.82. The van der Waals surface area contributed by atoms with E-state index in [1.165, 1.54) is 25.1 Å². The molecule has 0 atom stereocenters. The van der Waals surface area contributed by atoms with Gasteiger partial charge in [0.15, 0.2) is 5.78 Å². The maximum Gasteiger partial charge on any atom is 0.166 e. The zero-order valence-corrected chi connectivity index (χ0v) is 11.4. The van der Waals surface area contributed by atoms with Crippen molar-refractivity contribution in [2.75, 3.05) is 0 Å². The van der Waals surface area contributed by atoms with Gasteiger partial charge in [-0.2, -0.15) is 0 Å². The summed E-state index contributed by atoms with van der Waals surface area (Å²) in [6.07, 6.45) is 0. The number of benzene rings is 2. The average molecular weight is 299 g/mol. The lowest BCUT2D eigenvalue weighted by Gasteiger charge is -2.11. The van der Waals surface area contributed by atoms with Crippen molar-refractivity contribution < 1.29 is 13.9 Å². The van der Waals surface area contributed by atoms with Gasteiger partial charge in [-0.1, -0.05) is 35.3 Å². The molecule has 0 aromatic heterocycles. The summed E-state index contributed by atoms with van der Waals surface area (Å²) in [7, 11) is 0. The third-order valence-electron chi connectivity index (χ3n) is 2.46. The van der Waals surface area contributed by atoms with Crippen molar-refractivity contribution in [3.8, 4) is 11.5 Å². The Morgan fingerprint density at radius 1 is 1.11 bits per heavy atom. The summed E-state index contributed by atoms with van der Waals surface area (Å²) in [5, 5.41) is 0.530. The molecule has 0 aliphatic heterocycles. The first-order valence-corrected chi connectivity index (χ1v) is 6.17. The first-order chi connectivity index (χ1) is 9.00. The van der Waals surface area contributed by atoms with Gasteiger partial charge in [0.25, 0.3) is 0 Å². The number of Topliss-reactive ketones (excluding diaryl/α,β-unsaturated/α-hetero) is 1. The van der Waals surface area contributed by atoms with E-state index in [2.05, 4.69) is 0 Å². The number of hydrogen-bond acceptors (Lipinski definition) is 2. The van der Waals surface area contributed by atoms with Crippen LogP contribution in [-0.4, -0.2) is 5.78 Å². The Kier molecular flexibility index (Phi) is 4.08. The summed E-state index contributed by atoms with van der Waals surface area (Å²) < 4.78 is 19.1. The molecule has 2 aromatic rings. The van der Waals surface area contributed by atoms with Crippen LogP contribution in [-0.2, 0) is 0 Å². The number of carbonyl (C=O) groups excluding carboxylic acids is 1. The normalized spacial score (nSPS) is 10.3. The molecule has 0 saturated heterocycles. The Bertz CT molecular complexity index is 641. The molecule has 0 N–H and O–H groups in total. The third-order valence-corrected chi connectivity index (χ3v) is 3.27. The molecule has 0 bridgehead atoms. The molecule has 0 heterocycles. The molecule has 2 nitrogen and oxygen atoms in total. The predicted molar refractivity (Wildman–Crippen MR) is 72.9 cm³/mol. The fourth-order valence-electron chi connectivity index (χ4n) is 1.61. The van der Waals surface area contributed by atoms with E-state index in [1.54, 1.807) is 18.2 Å². The molecular formula is C14H9Cl2FO2. The van der Waals surface area contributed by atoms with E-state index in [9.17, 15) is 9.18 Å². The van der Waals surface area contributed by atoms with Crippen LogP contribution in [0.25, 0.3) is 0 Å². The first kappa shape index (κ1) is 13.8. The number of ketones is 1. The van der Waals surface area contributed by atoms with Gasteiger partial charge in [0.05, 0.1) is 10.6 Å². The third kappa shape index (κ3) is 2.88. The molecule has 2 aromatic carbocycles. The molecule has 0 saturated carbocycles. The monoisotopic (exact) mass is 298 g/mol. The minimum Gasteiger partial charge on any atom is -0.455 e. The van der Waals surface area contributed by atoms with Gasteiger partial charge in [0, 0.05) is 0 Å². The van der Waals surface area contributed by atoms with Crippen molar-refractivity contribution in [2.24, 2.45) is 0 Å². The van der Waals surface area contributed by atoms with Crippen LogP contribution in [0.1, 0.15) is 17.3 Å². The van der Waals surface area contributed by atoms with Crippen molar-refractivity contribution in [3.63, 3.8) is 0 Å². The zero-order valence-electron chi connectivity index (χ0n) is 9.91. The van der Waals surface area contributed by atoms with Crippen LogP contribution in [0, 0.1) is 5.82 Å².